The molecule has 4 heteroatoms. The Bertz CT molecular complexity index is 291. The second kappa shape index (κ2) is 13.5. The summed E-state index contributed by atoms with van der Waals surface area (Å²) in [5.74, 6) is 0. The van der Waals surface area contributed by atoms with Gasteiger partial charge in [0, 0.05) is 0 Å². The predicted octanol–water partition coefficient (Wildman–Crippen LogP) is 2.99. The van der Waals surface area contributed by atoms with Crippen LogP contribution in [0.1, 0.15) is 0 Å². The van der Waals surface area contributed by atoms with E-state index in [1.165, 1.54) is 0 Å². The van der Waals surface area contributed by atoms with Gasteiger partial charge in [-0.3, -0.25) is 0 Å². The van der Waals surface area contributed by atoms with Crippen molar-refractivity contribution in [1.29, 1.82) is 0 Å². The Morgan fingerprint density at radius 1 is 0.455 bits per heavy atom. The molecule has 0 N–H and O–H groups in total. The molecule has 0 unspecified atom stereocenters. The summed E-state index contributed by atoms with van der Waals surface area (Å²) < 4.78 is 7.35. The molecule has 0 heterocycles. The van der Waals surface area contributed by atoms with Crippen molar-refractivity contribution in [3.63, 3.8) is 0 Å². The van der Waals surface area contributed by atoms with Crippen LogP contribution in [-0.2, 0) is 0 Å². The fraction of sp³-hybridized carbons (Fsp3) is 0.333. The third-order valence-corrected chi connectivity index (χ3v) is 8.04. The van der Waals surface area contributed by atoms with Crippen molar-refractivity contribution in [2.24, 2.45) is 0 Å². The third kappa shape index (κ3) is 7.24. The first-order valence-electron chi connectivity index (χ1n) is 7.40. The SMILES string of the molecule is C=CCN(CC=C)[As](N(CC=C)CC=C)N(CC=C)CC=C. The van der Waals surface area contributed by atoms with Gasteiger partial charge < -0.3 is 0 Å². The summed E-state index contributed by atoms with van der Waals surface area (Å²) in [6.07, 6.45) is 11.7. The van der Waals surface area contributed by atoms with E-state index in [2.05, 4.69) is 50.9 Å². The first-order chi connectivity index (χ1) is 10.7. The van der Waals surface area contributed by atoms with E-state index in [0.717, 1.165) is 39.3 Å². The standard InChI is InChI=1S/C18H30AsN3/c1-7-13-20(14-8-2)19(21(15-9-3)16-10-4)22(17-11-5)18-12-6/h7-12H,1-6,13-18H2. The van der Waals surface area contributed by atoms with Crippen LogP contribution in [-0.4, -0.2) is 66.0 Å². The first-order valence-corrected chi connectivity index (χ1v) is 9.91. The van der Waals surface area contributed by atoms with Gasteiger partial charge in [-0.15, -0.1) is 0 Å². The third-order valence-electron chi connectivity index (χ3n) is 2.80. The van der Waals surface area contributed by atoms with Gasteiger partial charge in [-0.1, -0.05) is 0 Å². The van der Waals surface area contributed by atoms with Crippen LogP contribution in [0.5, 0.6) is 0 Å². The fourth-order valence-electron chi connectivity index (χ4n) is 2.09. The van der Waals surface area contributed by atoms with Crippen LogP contribution in [0.15, 0.2) is 75.9 Å². The molecule has 0 bridgehead atoms. The van der Waals surface area contributed by atoms with Gasteiger partial charge in [0.05, 0.1) is 0 Å². The molecule has 0 fully saturated rings. The summed E-state index contributed by atoms with van der Waals surface area (Å²) in [7, 11) is 0. The summed E-state index contributed by atoms with van der Waals surface area (Å²) in [6, 6.07) is 0. The zero-order chi connectivity index (χ0) is 16.8. The van der Waals surface area contributed by atoms with Crippen LogP contribution in [0, 0.1) is 0 Å². The molecule has 3 nitrogen and oxygen atoms in total. The molecule has 0 aliphatic heterocycles. The van der Waals surface area contributed by atoms with Gasteiger partial charge in [0.1, 0.15) is 0 Å². The first kappa shape index (κ1) is 20.9. The quantitative estimate of drug-likeness (QED) is 0.327. The Morgan fingerprint density at radius 2 is 0.636 bits per heavy atom. The normalized spacial score (nSPS) is 10.9. The van der Waals surface area contributed by atoms with Crippen LogP contribution in [0.3, 0.4) is 0 Å². The molecular formula is C18H30AsN3. The second-order valence-electron chi connectivity index (χ2n) is 4.62. The van der Waals surface area contributed by atoms with Gasteiger partial charge in [-0.25, -0.2) is 0 Å². The van der Waals surface area contributed by atoms with Gasteiger partial charge in [-0.2, -0.15) is 0 Å². The summed E-state index contributed by atoms with van der Waals surface area (Å²) in [4.78, 5) is 0. The minimum absolute atomic E-state index is 0.835. The number of rotatable bonds is 15. The molecular weight excluding hydrogens is 333 g/mol. The molecule has 122 valence electrons. The van der Waals surface area contributed by atoms with Crippen LogP contribution in [0.4, 0.5) is 0 Å². The van der Waals surface area contributed by atoms with E-state index in [9.17, 15) is 0 Å². The second-order valence-corrected chi connectivity index (χ2v) is 9.30. The van der Waals surface area contributed by atoms with E-state index < -0.39 is 15.3 Å². The van der Waals surface area contributed by atoms with Crippen molar-refractivity contribution in [1.82, 2.24) is 11.5 Å². The monoisotopic (exact) mass is 363 g/mol. The maximum atomic E-state index is 3.90. The van der Waals surface area contributed by atoms with Crippen molar-refractivity contribution < 1.29 is 0 Å². The van der Waals surface area contributed by atoms with Crippen LogP contribution in [0.25, 0.3) is 0 Å². The summed E-state index contributed by atoms with van der Waals surface area (Å²) in [6.45, 7) is 28.4. The zero-order valence-corrected chi connectivity index (χ0v) is 15.6. The van der Waals surface area contributed by atoms with Crippen molar-refractivity contribution in [3.8, 4) is 0 Å². The zero-order valence-electron chi connectivity index (χ0n) is 13.7. The van der Waals surface area contributed by atoms with Crippen molar-refractivity contribution >= 4 is 15.3 Å². The molecule has 22 heavy (non-hydrogen) atoms. The number of nitrogens with zero attached hydrogens (tertiary/aromatic N) is 3. The Kier molecular flexibility index (Phi) is 12.8. The molecule has 0 radical (unpaired) electrons. The molecule has 0 amide bonds. The van der Waals surface area contributed by atoms with Crippen LogP contribution in [0.2, 0.25) is 0 Å². The molecule has 0 aromatic rings. The van der Waals surface area contributed by atoms with Crippen molar-refractivity contribution in [2.45, 2.75) is 0 Å². The molecule has 0 aromatic heterocycles. The van der Waals surface area contributed by atoms with Crippen molar-refractivity contribution in [2.75, 3.05) is 39.3 Å². The van der Waals surface area contributed by atoms with E-state index in [1.54, 1.807) is 0 Å². The molecule has 0 saturated carbocycles. The van der Waals surface area contributed by atoms with Gasteiger partial charge in [0.15, 0.2) is 0 Å². The van der Waals surface area contributed by atoms with Gasteiger partial charge >= 0.3 is 142 Å². The van der Waals surface area contributed by atoms with E-state index >= 15 is 0 Å². The maximum absolute atomic E-state index is 3.90. The molecule has 0 aromatic carbocycles. The molecule has 0 saturated heterocycles. The summed E-state index contributed by atoms with van der Waals surface area (Å²) in [5, 5.41) is 0. The van der Waals surface area contributed by atoms with E-state index in [-0.39, 0.29) is 0 Å². The Hall–Kier alpha value is -1.12. The Labute approximate surface area is 142 Å². The van der Waals surface area contributed by atoms with Crippen LogP contribution >= 0.6 is 0 Å². The topological polar surface area (TPSA) is 9.72 Å². The molecule has 0 aliphatic carbocycles. The van der Waals surface area contributed by atoms with Gasteiger partial charge in [-0.05, 0) is 0 Å². The fourth-order valence-corrected chi connectivity index (χ4v) is 7.64. The molecule has 0 rings (SSSR count). The van der Waals surface area contributed by atoms with E-state index in [4.69, 9.17) is 0 Å². The summed E-state index contributed by atoms with van der Waals surface area (Å²) in [5.41, 5.74) is 0. The van der Waals surface area contributed by atoms with Gasteiger partial charge in [0.25, 0.3) is 0 Å². The van der Waals surface area contributed by atoms with Crippen LogP contribution < -0.4 is 0 Å². The molecule has 0 spiro atoms. The average Bonchev–Trinajstić information content (AvgIpc) is 2.49. The summed E-state index contributed by atoms with van der Waals surface area (Å²) >= 11 is -1.70. The predicted molar refractivity (Wildman–Crippen MR) is 102 cm³/mol. The molecule has 0 atom stereocenters. The molecule has 0 aliphatic rings. The van der Waals surface area contributed by atoms with E-state index in [0.29, 0.717) is 0 Å². The van der Waals surface area contributed by atoms with E-state index in [1.807, 2.05) is 36.5 Å². The average molecular weight is 363 g/mol. The number of hydrogen-bond donors (Lipinski definition) is 0. The minimum atomic E-state index is -1.70. The Balaban J connectivity index is 5.61. The van der Waals surface area contributed by atoms with Gasteiger partial charge in [0.2, 0.25) is 0 Å². The number of hydrogen-bond acceptors (Lipinski definition) is 3. The van der Waals surface area contributed by atoms with Crippen molar-refractivity contribution in [3.05, 3.63) is 75.9 Å². The Morgan fingerprint density at radius 3 is 0.773 bits per heavy atom.